The van der Waals surface area contributed by atoms with Crippen molar-refractivity contribution in [3.05, 3.63) is 35.9 Å². The Bertz CT molecular complexity index is 167. The molecule has 1 aromatic carbocycles. The number of rotatable bonds is 2. The number of aliphatic hydroxyl groups is 1. The molecule has 3 heteroatoms. The SMILES string of the molecule is Br.CO.[Mg+2][CH2]Cc1ccccc1. The predicted molar refractivity (Wildman–Crippen MR) is 59.2 cm³/mol. The highest BCUT2D eigenvalue weighted by Crippen LogP contribution is 1.99. The molecule has 0 unspecified atom stereocenters. The average molecular weight is 242 g/mol. The number of halogens is 1. The normalized spacial score (nSPS) is 7.58. The molecule has 0 heterocycles. The molecule has 0 aromatic heterocycles. The van der Waals surface area contributed by atoms with Crippen LogP contribution in [0, 0.1) is 0 Å². The molecule has 0 bridgehead atoms. The molecule has 0 fully saturated rings. The maximum absolute atomic E-state index is 7.00. The van der Waals surface area contributed by atoms with Gasteiger partial charge in [-0.1, -0.05) is 30.3 Å². The maximum atomic E-state index is 7.00. The van der Waals surface area contributed by atoms with E-state index in [2.05, 4.69) is 30.3 Å². The van der Waals surface area contributed by atoms with E-state index in [4.69, 9.17) is 5.11 Å². The molecule has 12 heavy (non-hydrogen) atoms. The second-order valence-corrected chi connectivity index (χ2v) is 2.80. The molecule has 1 nitrogen and oxygen atoms in total. The van der Waals surface area contributed by atoms with Crippen molar-refractivity contribution in [2.45, 2.75) is 11.0 Å². The average Bonchev–Trinajstić information content (AvgIpc) is 2.11. The summed E-state index contributed by atoms with van der Waals surface area (Å²) in [5, 5.41) is 7.00. The van der Waals surface area contributed by atoms with Gasteiger partial charge in [0.1, 0.15) is 0 Å². The molecule has 0 aliphatic heterocycles. The van der Waals surface area contributed by atoms with Crippen LogP contribution < -0.4 is 0 Å². The third-order valence-electron chi connectivity index (χ3n) is 1.31. The van der Waals surface area contributed by atoms with Gasteiger partial charge in [-0.05, 0) is 5.56 Å². The molecule has 0 atom stereocenters. The topological polar surface area (TPSA) is 20.2 Å². The van der Waals surface area contributed by atoms with E-state index in [-0.39, 0.29) is 17.0 Å². The zero-order valence-electron chi connectivity index (χ0n) is 7.36. The van der Waals surface area contributed by atoms with Gasteiger partial charge in [0.25, 0.3) is 4.55 Å². The van der Waals surface area contributed by atoms with Crippen molar-refractivity contribution in [3.8, 4) is 0 Å². The molecular weight excluding hydrogens is 228 g/mol. The van der Waals surface area contributed by atoms with Crippen LogP contribution in [-0.4, -0.2) is 33.9 Å². The summed E-state index contributed by atoms with van der Waals surface area (Å²) in [5.74, 6) is 0. The lowest BCUT2D eigenvalue weighted by atomic mass is 10.2. The molecule has 0 aliphatic carbocycles. The standard InChI is InChI=1S/C8H9.CH4O.BrH.Mg/c1-2-8-6-4-3-5-7-8;1-2;;/h3-7H,1-2H2;2H,1H3;1H;/q;;;+2. The summed E-state index contributed by atoms with van der Waals surface area (Å²) in [6, 6.07) is 10.6. The van der Waals surface area contributed by atoms with Gasteiger partial charge < -0.3 is 5.11 Å². The molecule has 1 aromatic rings. The first-order valence-corrected chi connectivity index (χ1v) is 4.71. The first-order valence-electron chi connectivity index (χ1n) is 3.71. The van der Waals surface area contributed by atoms with E-state index in [1.54, 1.807) is 0 Å². The van der Waals surface area contributed by atoms with Gasteiger partial charge in [0, 0.05) is 13.5 Å². The van der Waals surface area contributed by atoms with Crippen molar-refractivity contribution < 1.29 is 5.11 Å². The van der Waals surface area contributed by atoms with Crippen molar-refractivity contribution in [1.29, 1.82) is 0 Å². The summed E-state index contributed by atoms with van der Waals surface area (Å²) in [6.07, 6.45) is 1.22. The summed E-state index contributed by atoms with van der Waals surface area (Å²) in [6.45, 7) is 0. The maximum Gasteiger partial charge on any atom is 1.41 e. The van der Waals surface area contributed by atoms with Crippen molar-refractivity contribution in [1.82, 2.24) is 0 Å². The van der Waals surface area contributed by atoms with Gasteiger partial charge in [-0.15, -0.1) is 17.0 Å². The Morgan fingerprint density at radius 1 is 1.17 bits per heavy atom. The molecule has 63 valence electrons. The number of hydrogen-bond donors (Lipinski definition) is 1. The number of aliphatic hydroxyl groups excluding tert-OH is 1. The molecule has 0 aliphatic rings. The minimum atomic E-state index is 0. The Balaban J connectivity index is 0. The second kappa shape index (κ2) is 11.4. The van der Waals surface area contributed by atoms with Crippen LogP contribution in [-0.2, 0) is 6.42 Å². The Hall–Kier alpha value is 0.426. The smallest absolute Gasteiger partial charge is 0.400 e. The molecule has 0 saturated carbocycles. The highest BCUT2D eigenvalue weighted by molar-refractivity contribution is 8.93. The number of benzene rings is 1. The highest BCUT2D eigenvalue weighted by atomic mass is 79.9. The Kier molecular flexibility index (Phi) is 14.2. The van der Waals surface area contributed by atoms with Crippen molar-refractivity contribution in [2.24, 2.45) is 0 Å². The summed E-state index contributed by atoms with van der Waals surface area (Å²) >= 11 is 2.03. The van der Waals surface area contributed by atoms with Gasteiger partial charge in [-0.3, -0.25) is 0 Å². The summed E-state index contributed by atoms with van der Waals surface area (Å²) in [5.41, 5.74) is 1.45. The largest absolute Gasteiger partial charge is 1.41 e. The van der Waals surface area contributed by atoms with E-state index in [0.29, 0.717) is 0 Å². The van der Waals surface area contributed by atoms with E-state index in [0.717, 1.165) is 7.11 Å². The Morgan fingerprint density at radius 2 is 1.67 bits per heavy atom. The highest BCUT2D eigenvalue weighted by Gasteiger charge is 2.20. The molecule has 7 radical (unpaired) electrons. The quantitative estimate of drug-likeness (QED) is 0.787. The van der Waals surface area contributed by atoms with Gasteiger partial charge >= 0.3 is 21.7 Å². The summed E-state index contributed by atoms with van der Waals surface area (Å²) < 4.78 is 1.27. The van der Waals surface area contributed by atoms with Crippen LogP contribution in [0.2, 0.25) is 4.55 Å². The molecule has 0 spiro atoms. The monoisotopic (exact) mass is 241 g/mol. The predicted octanol–water partition coefficient (Wildman–Crippen LogP) is 2.00. The van der Waals surface area contributed by atoms with Gasteiger partial charge in [-0.25, -0.2) is 0 Å². The lowest BCUT2D eigenvalue weighted by Crippen LogP contribution is -1.80. The first kappa shape index (κ1) is 14.9. The van der Waals surface area contributed by atoms with Crippen molar-refractivity contribution in [2.75, 3.05) is 7.11 Å². The molecule has 0 amide bonds. The fourth-order valence-corrected chi connectivity index (χ4v) is 1.26. The van der Waals surface area contributed by atoms with Crippen LogP contribution in [0.1, 0.15) is 5.56 Å². The Morgan fingerprint density at radius 3 is 2.08 bits per heavy atom. The molecule has 0 saturated heterocycles. The van der Waals surface area contributed by atoms with Gasteiger partial charge in [0.15, 0.2) is 0 Å². The van der Waals surface area contributed by atoms with Crippen molar-refractivity contribution in [3.63, 3.8) is 0 Å². The fourth-order valence-electron chi connectivity index (χ4n) is 0.849. The second-order valence-electron chi connectivity index (χ2n) is 2.09. The molecular formula is C9H14BrMgO+2. The van der Waals surface area contributed by atoms with Crippen LogP contribution in [0.15, 0.2) is 30.3 Å². The van der Waals surface area contributed by atoms with Crippen LogP contribution >= 0.6 is 17.0 Å². The van der Waals surface area contributed by atoms with Gasteiger partial charge in [0.2, 0.25) is 0 Å². The minimum Gasteiger partial charge on any atom is -0.400 e. The van der Waals surface area contributed by atoms with E-state index >= 15 is 0 Å². The van der Waals surface area contributed by atoms with E-state index in [9.17, 15) is 0 Å². The van der Waals surface area contributed by atoms with E-state index < -0.39 is 0 Å². The van der Waals surface area contributed by atoms with Crippen LogP contribution in [0.5, 0.6) is 0 Å². The summed E-state index contributed by atoms with van der Waals surface area (Å²) in [7, 11) is 1.00. The van der Waals surface area contributed by atoms with E-state index in [1.807, 2.05) is 21.7 Å². The molecule has 1 rings (SSSR count). The lowest BCUT2D eigenvalue weighted by Gasteiger charge is -1.88. The number of aryl methyl sites for hydroxylation is 1. The third-order valence-corrected chi connectivity index (χ3v) is 1.66. The van der Waals surface area contributed by atoms with Crippen LogP contribution in [0.3, 0.4) is 0 Å². The minimum absolute atomic E-state index is 0. The number of hydrogen-bond acceptors (Lipinski definition) is 1. The van der Waals surface area contributed by atoms with Crippen LogP contribution in [0.25, 0.3) is 0 Å². The van der Waals surface area contributed by atoms with E-state index in [1.165, 1.54) is 16.5 Å². The van der Waals surface area contributed by atoms with Gasteiger partial charge in [0.05, 0.1) is 0 Å². The molecule has 1 N–H and O–H groups in total. The van der Waals surface area contributed by atoms with Crippen molar-refractivity contribution >= 4 is 38.7 Å². The Labute approximate surface area is 97.4 Å². The third kappa shape index (κ3) is 7.10. The lowest BCUT2D eigenvalue weighted by molar-refractivity contribution is 0.399. The zero-order valence-corrected chi connectivity index (χ0v) is 10.5. The summed E-state index contributed by atoms with van der Waals surface area (Å²) in [4.78, 5) is 0. The van der Waals surface area contributed by atoms with Gasteiger partial charge in [-0.2, -0.15) is 0 Å². The first-order chi connectivity index (χ1) is 5.43. The fraction of sp³-hybridized carbons (Fsp3) is 0.333. The zero-order chi connectivity index (χ0) is 8.53. The van der Waals surface area contributed by atoms with Crippen LogP contribution in [0.4, 0.5) is 0 Å².